The molecule has 0 bridgehead atoms. The van der Waals surface area contributed by atoms with E-state index in [-0.39, 0.29) is 11.6 Å². The highest BCUT2D eigenvalue weighted by Crippen LogP contribution is 2.38. The molecule has 122 valence electrons. The lowest BCUT2D eigenvalue weighted by Gasteiger charge is -2.32. The lowest BCUT2D eigenvalue weighted by atomic mass is 9.74. The zero-order chi connectivity index (χ0) is 17.1. The third-order valence-corrected chi connectivity index (χ3v) is 5.08. The summed E-state index contributed by atoms with van der Waals surface area (Å²) in [6, 6.07) is 8.69. The van der Waals surface area contributed by atoms with Crippen molar-refractivity contribution in [2.75, 3.05) is 7.11 Å². The van der Waals surface area contributed by atoms with E-state index >= 15 is 0 Å². The van der Waals surface area contributed by atoms with E-state index in [0.29, 0.717) is 47.3 Å². The number of carbonyl (C=O) groups excluding carboxylic acids is 2. The molecule has 0 aromatic heterocycles. The van der Waals surface area contributed by atoms with E-state index in [9.17, 15) is 14.7 Å². The van der Waals surface area contributed by atoms with Gasteiger partial charge in [0, 0.05) is 23.1 Å². The van der Waals surface area contributed by atoms with E-state index in [0.717, 1.165) is 11.1 Å². The molecule has 0 amide bonds. The molecule has 2 aromatic rings. The minimum absolute atomic E-state index is 0.128. The van der Waals surface area contributed by atoms with E-state index in [4.69, 9.17) is 4.74 Å². The maximum absolute atomic E-state index is 13.1. The Labute approximate surface area is 140 Å². The van der Waals surface area contributed by atoms with Crippen LogP contribution in [0.15, 0.2) is 30.3 Å². The molecule has 2 aliphatic carbocycles. The topological polar surface area (TPSA) is 63.6 Å². The van der Waals surface area contributed by atoms with Gasteiger partial charge >= 0.3 is 0 Å². The van der Waals surface area contributed by atoms with Crippen molar-refractivity contribution in [1.29, 1.82) is 0 Å². The third-order valence-electron chi connectivity index (χ3n) is 5.08. The van der Waals surface area contributed by atoms with Gasteiger partial charge in [-0.1, -0.05) is 18.2 Å². The first kappa shape index (κ1) is 15.1. The second-order valence-corrected chi connectivity index (χ2v) is 6.84. The number of hydrogen-bond donors (Lipinski definition) is 1. The Morgan fingerprint density at radius 3 is 2.50 bits per heavy atom. The Hall–Kier alpha value is -2.46. The second kappa shape index (κ2) is 5.02. The Morgan fingerprint density at radius 2 is 1.75 bits per heavy atom. The van der Waals surface area contributed by atoms with Gasteiger partial charge in [0.05, 0.1) is 18.3 Å². The Balaban J connectivity index is 1.95. The molecule has 0 unspecified atom stereocenters. The SMILES string of the molecule is COc1cccc2c1C(=O)c1ccc3c(c1C2=O)CC[C@](C)(O)C3. The van der Waals surface area contributed by atoms with Crippen LogP contribution in [0.1, 0.15) is 56.3 Å². The lowest BCUT2D eigenvalue weighted by molar-refractivity contribution is 0.0456. The van der Waals surface area contributed by atoms with Crippen molar-refractivity contribution in [2.24, 2.45) is 0 Å². The molecule has 1 atom stereocenters. The van der Waals surface area contributed by atoms with Crippen LogP contribution in [0.4, 0.5) is 0 Å². The molecule has 0 fully saturated rings. The molecule has 0 radical (unpaired) electrons. The highest BCUT2D eigenvalue weighted by molar-refractivity contribution is 6.29. The van der Waals surface area contributed by atoms with Crippen LogP contribution in [0.25, 0.3) is 0 Å². The summed E-state index contributed by atoms with van der Waals surface area (Å²) in [5.41, 5.74) is 2.80. The van der Waals surface area contributed by atoms with E-state index in [1.807, 2.05) is 13.0 Å². The average molecular weight is 322 g/mol. The fourth-order valence-electron chi connectivity index (χ4n) is 3.88. The van der Waals surface area contributed by atoms with Crippen molar-refractivity contribution in [1.82, 2.24) is 0 Å². The number of ether oxygens (including phenoxy) is 1. The summed E-state index contributed by atoms with van der Waals surface area (Å²) in [6.45, 7) is 1.81. The minimum atomic E-state index is -0.760. The largest absolute Gasteiger partial charge is 0.496 e. The number of hydrogen-bond acceptors (Lipinski definition) is 4. The molecule has 24 heavy (non-hydrogen) atoms. The molecular formula is C20H18O4. The molecule has 2 aromatic carbocycles. The molecule has 2 aliphatic rings. The van der Waals surface area contributed by atoms with Gasteiger partial charge in [-0.3, -0.25) is 9.59 Å². The van der Waals surface area contributed by atoms with Crippen LogP contribution in [0.3, 0.4) is 0 Å². The Kier molecular flexibility index (Phi) is 3.15. The summed E-state index contributed by atoms with van der Waals surface area (Å²) < 4.78 is 5.28. The van der Waals surface area contributed by atoms with E-state index < -0.39 is 5.60 Å². The molecule has 0 saturated carbocycles. The fourth-order valence-corrected chi connectivity index (χ4v) is 3.88. The van der Waals surface area contributed by atoms with Crippen molar-refractivity contribution in [3.63, 3.8) is 0 Å². The first-order chi connectivity index (χ1) is 11.4. The summed E-state index contributed by atoms with van der Waals surface area (Å²) in [4.78, 5) is 26.0. The van der Waals surface area contributed by atoms with Gasteiger partial charge in [-0.2, -0.15) is 0 Å². The quantitative estimate of drug-likeness (QED) is 0.748. The normalized spacial score (nSPS) is 21.8. The first-order valence-electron chi connectivity index (χ1n) is 8.06. The predicted molar refractivity (Wildman–Crippen MR) is 88.9 cm³/mol. The zero-order valence-electron chi connectivity index (χ0n) is 13.7. The van der Waals surface area contributed by atoms with Crippen LogP contribution in [-0.4, -0.2) is 29.4 Å². The molecule has 0 saturated heterocycles. The molecule has 0 heterocycles. The van der Waals surface area contributed by atoms with Gasteiger partial charge in [-0.05, 0) is 43.0 Å². The number of aliphatic hydroxyl groups is 1. The summed E-state index contributed by atoms with van der Waals surface area (Å²) in [5.74, 6) is 0.131. The van der Waals surface area contributed by atoms with Crippen LogP contribution in [-0.2, 0) is 12.8 Å². The standard InChI is InChI=1S/C20H18O4/c1-20(23)9-8-12-11(10-20)6-7-14-16(12)18(21)13-4-3-5-15(24-2)17(13)19(14)22/h3-7,23H,8-10H2,1-2H3/t20-/m0/s1. The lowest BCUT2D eigenvalue weighted by Crippen LogP contribution is -2.34. The second-order valence-electron chi connectivity index (χ2n) is 6.84. The predicted octanol–water partition coefficient (Wildman–Crippen LogP) is 2.71. The molecule has 0 aliphatic heterocycles. The molecule has 4 heteroatoms. The highest BCUT2D eigenvalue weighted by Gasteiger charge is 2.37. The van der Waals surface area contributed by atoms with E-state index in [1.54, 1.807) is 24.3 Å². The molecule has 4 nitrogen and oxygen atoms in total. The van der Waals surface area contributed by atoms with Gasteiger partial charge in [0.1, 0.15) is 5.75 Å². The summed E-state index contributed by atoms with van der Waals surface area (Å²) in [5, 5.41) is 10.3. The molecule has 4 rings (SSSR count). The van der Waals surface area contributed by atoms with Crippen molar-refractivity contribution >= 4 is 11.6 Å². The first-order valence-corrected chi connectivity index (χ1v) is 8.06. The third kappa shape index (κ3) is 2.03. The Bertz CT molecular complexity index is 893. The van der Waals surface area contributed by atoms with Crippen LogP contribution >= 0.6 is 0 Å². The highest BCUT2D eigenvalue weighted by atomic mass is 16.5. The minimum Gasteiger partial charge on any atom is -0.496 e. The molecule has 0 spiro atoms. The van der Waals surface area contributed by atoms with Crippen LogP contribution in [0.5, 0.6) is 5.75 Å². The fraction of sp³-hybridized carbons (Fsp3) is 0.300. The van der Waals surface area contributed by atoms with Crippen molar-refractivity contribution < 1.29 is 19.4 Å². The van der Waals surface area contributed by atoms with Crippen LogP contribution < -0.4 is 4.74 Å². The smallest absolute Gasteiger partial charge is 0.198 e. The number of fused-ring (bicyclic) bond motifs is 4. The van der Waals surface area contributed by atoms with Gasteiger partial charge in [-0.25, -0.2) is 0 Å². The van der Waals surface area contributed by atoms with Crippen molar-refractivity contribution in [3.05, 3.63) is 63.7 Å². The monoisotopic (exact) mass is 322 g/mol. The number of carbonyl (C=O) groups is 2. The van der Waals surface area contributed by atoms with Gasteiger partial charge in [0.15, 0.2) is 11.6 Å². The number of benzene rings is 2. The number of ketones is 2. The van der Waals surface area contributed by atoms with Crippen LogP contribution in [0, 0.1) is 0 Å². The van der Waals surface area contributed by atoms with Gasteiger partial charge in [0.25, 0.3) is 0 Å². The molecule has 1 N–H and O–H groups in total. The summed E-state index contributed by atoms with van der Waals surface area (Å²) in [7, 11) is 1.50. The maximum Gasteiger partial charge on any atom is 0.198 e. The van der Waals surface area contributed by atoms with Gasteiger partial charge < -0.3 is 9.84 Å². The van der Waals surface area contributed by atoms with Crippen molar-refractivity contribution in [2.45, 2.75) is 31.8 Å². The summed E-state index contributed by atoms with van der Waals surface area (Å²) >= 11 is 0. The van der Waals surface area contributed by atoms with Crippen LogP contribution in [0.2, 0.25) is 0 Å². The van der Waals surface area contributed by atoms with E-state index in [2.05, 4.69) is 0 Å². The number of methoxy groups -OCH3 is 1. The Morgan fingerprint density at radius 1 is 1.04 bits per heavy atom. The number of rotatable bonds is 1. The maximum atomic E-state index is 13.1. The molecular weight excluding hydrogens is 304 g/mol. The van der Waals surface area contributed by atoms with E-state index in [1.165, 1.54) is 7.11 Å². The van der Waals surface area contributed by atoms with Gasteiger partial charge in [-0.15, -0.1) is 0 Å². The summed E-state index contributed by atoms with van der Waals surface area (Å²) in [6.07, 6.45) is 1.69. The average Bonchev–Trinajstić information content (AvgIpc) is 2.57. The van der Waals surface area contributed by atoms with Crippen molar-refractivity contribution in [3.8, 4) is 5.75 Å². The van der Waals surface area contributed by atoms with Gasteiger partial charge in [0.2, 0.25) is 0 Å². The zero-order valence-corrected chi connectivity index (χ0v) is 13.7.